The monoisotopic (exact) mass is 310 g/mol. The smallest absolute Gasteiger partial charge is 0.188 e. The highest BCUT2D eigenvalue weighted by Crippen LogP contribution is 2.25. The van der Waals surface area contributed by atoms with Crippen molar-refractivity contribution in [1.82, 2.24) is 0 Å². The number of carbonyl (C=O) groups is 1. The Morgan fingerprint density at radius 3 is 2.72 bits per heavy atom. The molecule has 1 aromatic rings. The lowest BCUT2D eigenvalue weighted by atomic mass is 9.89. The van der Waals surface area contributed by atoms with Gasteiger partial charge >= 0.3 is 0 Å². The lowest BCUT2D eigenvalue weighted by Gasteiger charge is -2.25. The Morgan fingerprint density at radius 2 is 2.06 bits per heavy atom. The molecule has 0 aliphatic heterocycles. The molecule has 0 aromatic heterocycles. The second-order valence-corrected chi connectivity index (χ2v) is 6.04. The molecular formula is C15H19BrO2. The highest BCUT2D eigenvalue weighted by molar-refractivity contribution is 9.10. The number of ketones is 1. The number of carbonyl (C=O) groups excluding carboxylic acids is 1. The van der Waals surface area contributed by atoms with Crippen molar-refractivity contribution in [2.45, 2.75) is 38.7 Å². The van der Waals surface area contributed by atoms with Crippen molar-refractivity contribution in [3.05, 3.63) is 34.3 Å². The molecule has 18 heavy (non-hydrogen) atoms. The maximum Gasteiger partial charge on any atom is 0.188 e. The van der Waals surface area contributed by atoms with Gasteiger partial charge in [0.25, 0.3) is 0 Å². The molecule has 0 atom stereocenters. The van der Waals surface area contributed by atoms with E-state index in [9.17, 15) is 4.79 Å². The summed E-state index contributed by atoms with van der Waals surface area (Å²) in [7, 11) is 0. The van der Waals surface area contributed by atoms with Crippen molar-refractivity contribution in [3.63, 3.8) is 0 Å². The summed E-state index contributed by atoms with van der Waals surface area (Å²) < 4.78 is 6.65. The molecule has 0 bridgehead atoms. The molecule has 2 rings (SSSR count). The first-order chi connectivity index (χ1) is 8.65. The topological polar surface area (TPSA) is 26.3 Å². The average Bonchev–Trinajstić information content (AvgIpc) is 2.38. The normalized spacial score (nSPS) is 23.9. The van der Waals surface area contributed by atoms with Crippen LogP contribution in [0, 0.1) is 5.92 Å². The van der Waals surface area contributed by atoms with Gasteiger partial charge in [0.2, 0.25) is 0 Å². The minimum atomic E-state index is 0.0647. The first kappa shape index (κ1) is 13.8. The van der Waals surface area contributed by atoms with Gasteiger partial charge < -0.3 is 4.74 Å². The summed E-state index contributed by atoms with van der Waals surface area (Å²) in [6.45, 7) is 2.48. The molecule has 0 N–H and O–H groups in total. The third-order valence-electron chi connectivity index (χ3n) is 3.56. The molecule has 0 unspecified atom stereocenters. The zero-order valence-electron chi connectivity index (χ0n) is 10.7. The molecule has 2 nitrogen and oxygen atoms in total. The van der Waals surface area contributed by atoms with Crippen LogP contribution in [0.2, 0.25) is 0 Å². The van der Waals surface area contributed by atoms with Crippen LogP contribution in [0.25, 0.3) is 0 Å². The van der Waals surface area contributed by atoms with Crippen molar-refractivity contribution < 1.29 is 9.53 Å². The molecule has 1 aliphatic carbocycles. The standard InChI is InChI=1S/C15H19BrO2/c1-11-5-7-14(8-6-11)18-10-15(17)12-3-2-4-13(16)9-12/h2-4,9,11,14H,5-8,10H2,1H3. The van der Waals surface area contributed by atoms with Gasteiger partial charge in [-0.25, -0.2) is 0 Å². The number of benzene rings is 1. The van der Waals surface area contributed by atoms with E-state index < -0.39 is 0 Å². The van der Waals surface area contributed by atoms with Gasteiger partial charge in [0.1, 0.15) is 6.61 Å². The third-order valence-corrected chi connectivity index (χ3v) is 4.05. The predicted molar refractivity (Wildman–Crippen MR) is 75.8 cm³/mol. The first-order valence-corrected chi connectivity index (χ1v) is 7.35. The van der Waals surface area contributed by atoms with Gasteiger partial charge in [-0.2, -0.15) is 0 Å². The summed E-state index contributed by atoms with van der Waals surface area (Å²) in [6.07, 6.45) is 4.89. The Labute approximate surface area is 117 Å². The molecule has 3 heteroatoms. The summed E-state index contributed by atoms with van der Waals surface area (Å²) in [5.41, 5.74) is 0.716. The fraction of sp³-hybridized carbons (Fsp3) is 0.533. The van der Waals surface area contributed by atoms with Crippen LogP contribution in [0.5, 0.6) is 0 Å². The van der Waals surface area contributed by atoms with Crippen LogP contribution in [-0.2, 0) is 4.74 Å². The number of rotatable bonds is 4. The molecule has 0 saturated heterocycles. The number of ether oxygens (including phenoxy) is 1. The van der Waals surface area contributed by atoms with E-state index in [-0.39, 0.29) is 18.5 Å². The van der Waals surface area contributed by atoms with E-state index in [1.54, 1.807) is 0 Å². The van der Waals surface area contributed by atoms with E-state index in [0.29, 0.717) is 5.56 Å². The SMILES string of the molecule is CC1CCC(OCC(=O)c2cccc(Br)c2)CC1. The molecular weight excluding hydrogens is 292 g/mol. The molecule has 1 fully saturated rings. The van der Waals surface area contributed by atoms with Gasteiger partial charge in [0.05, 0.1) is 6.10 Å². The van der Waals surface area contributed by atoms with Crippen LogP contribution >= 0.6 is 15.9 Å². The van der Waals surface area contributed by atoms with Gasteiger partial charge in [-0.15, -0.1) is 0 Å². The molecule has 0 heterocycles. The maximum atomic E-state index is 12.0. The van der Waals surface area contributed by atoms with Crippen molar-refractivity contribution in [2.75, 3.05) is 6.61 Å². The molecule has 98 valence electrons. The predicted octanol–water partition coefficient (Wildman–Crippen LogP) is 4.23. The maximum absolute atomic E-state index is 12.0. The second kappa shape index (κ2) is 6.48. The highest BCUT2D eigenvalue weighted by atomic mass is 79.9. The Kier molecular flexibility index (Phi) is 4.95. The van der Waals surface area contributed by atoms with Gasteiger partial charge in [-0.1, -0.05) is 35.0 Å². The average molecular weight is 311 g/mol. The lowest BCUT2D eigenvalue weighted by molar-refractivity contribution is 0.0217. The lowest BCUT2D eigenvalue weighted by Crippen LogP contribution is -2.23. The number of hydrogen-bond acceptors (Lipinski definition) is 2. The van der Waals surface area contributed by atoms with Crippen LogP contribution < -0.4 is 0 Å². The first-order valence-electron chi connectivity index (χ1n) is 6.55. The molecule has 1 aromatic carbocycles. The quantitative estimate of drug-likeness (QED) is 0.778. The Balaban J connectivity index is 1.81. The summed E-state index contributed by atoms with van der Waals surface area (Å²) in [5.74, 6) is 0.876. The Morgan fingerprint density at radius 1 is 1.33 bits per heavy atom. The van der Waals surface area contributed by atoms with E-state index in [4.69, 9.17) is 4.74 Å². The molecule has 1 aliphatic rings. The van der Waals surface area contributed by atoms with Crippen LogP contribution in [0.4, 0.5) is 0 Å². The zero-order chi connectivity index (χ0) is 13.0. The molecule has 0 radical (unpaired) electrons. The van der Waals surface area contributed by atoms with Crippen molar-refractivity contribution >= 4 is 21.7 Å². The van der Waals surface area contributed by atoms with E-state index in [1.807, 2.05) is 24.3 Å². The van der Waals surface area contributed by atoms with E-state index in [1.165, 1.54) is 12.8 Å². The highest BCUT2D eigenvalue weighted by Gasteiger charge is 2.19. The van der Waals surface area contributed by atoms with Crippen LogP contribution in [-0.4, -0.2) is 18.5 Å². The summed E-state index contributed by atoms with van der Waals surface area (Å²) in [6, 6.07) is 7.47. The van der Waals surface area contributed by atoms with Crippen LogP contribution in [0.3, 0.4) is 0 Å². The number of Topliss-reactive ketones (excluding diaryl/α,β-unsaturated/α-hetero) is 1. The van der Waals surface area contributed by atoms with Crippen molar-refractivity contribution in [1.29, 1.82) is 0 Å². The molecule has 0 spiro atoms. The van der Waals surface area contributed by atoms with Crippen molar-refractivity contribution in [3.8, 4) is 0 Å². The second-order valence-electron chi connectivity index (χ2n) is 5.13. The van der Waals surface area contributed by atoms with Crippen LogP contribution in [0.1, 0.15) is 43.0 Å². The zero-order valence-corrected chi connectivity index (χ0v) is 12.3. The largest absolute Gasteiger partial charge is 0.370 e. The fourth-order valence-electron chi connectivity index (χ4n) is 2.33. The van der Waals surface area contributed by atoms with E-state index in [0.717, 1.165) is 23.2 Å². The third kappa shape index (κ3) is 3.92. The fourth-order valence-corrected chi connectivity index (χ4v) is 2.73. The minimum absolute atomic E-state index is 0.0647. The van der Waals surface area contributed by atoms with Gasteiger partial charge in [-0.3, -0.25) is 4.79 Å². The van der Waals surface area contributed by atoms with Gasteiger partial charge in [-0.05, 0) is 43.7 Å². The van der Waals surface area contributed by atoms with Crippen LogP contribution in [0.15, 0.2) is 28.7 Å². The van der Waals surface area contributed by atoms with Crippen molar-refractivity contribution in [2.24, 2.45) is 5.92 Å². The van der Waals surface area contributed by atoms with Gasteiger partial charge in [0.15, 0.2) is 5.78 Å². The summed E-state index contributed by atoms with van der Waals surface area (Å²) in [4.78, 5) is 12.0. The van der Waals surface area contributed by atoms with E-state index >= 15 is 0 Å². The Bertz CT molecular complexity index is 409. The molecule has 0 amide bonds. The van der Waals surface area contributed by atoms with E-state index in [2.05, 4.69) is 22.9 Å². The Hall–Kier alpha value is -0.670. The minimum Gasteiger partial charge on any atom is -0.370 e. The summed E-state index contributed by atoms with van der Waals surface area (Å²) >= 11 is 3.37. The number of hydrogen-bond donors (Lipinski definition) is 0. The summed E-state index contributed by atoms with van der Waals surface area (Å²) in [5, 5.41) is 0. The number of halogens is 1. The molecule has 1 saturated carbocycles. The van der Waals surface area contributed by atoms with Gasteiger partial charge in [0, 0.05) is 10.0 Å².